The summed E-state index contributed by atoms with van der Waals surface area (Å²) >= 11 is 0. The quantitative estimate of drug-likeness (QED) is 0.685. The number of hydrogen-bond acceptors (Lipinski definition) is 1. The highest BCUT2D eigenvalue weighted by Crippen LogP contribution is 2.30. The number of carbonyl (C=O) groups excluding carboxylic acids is 1. The van der Waals surface area contributed by atoms with Crippen molar-refractivity contribution in [2.75, 3.05) is 0 Å². The number of primary amides is 1. The molecule has 0 fully saturated rings. The van der Waals surface area contributed by atoms with Crippen LogP contribution in [-0.4, -0.2) is 10.5 Å². The van der Waals surface area contributed by atoms with Crippen LogP contribution in [0.4, 0.5) is 13.2 Å². The number of nitrogens with zero attached hydrogens (tertiary/aromatic N) is 1. The molecule has 134 valence electrons. The van der Waals surface area contributed by atoms with Crippen LogP contribution >= 0.6 is 0 Å². The van der Waals surface area contributed by atoms with Crippen molar-refractivity contribution in [3.05, 3.63) is 77.5 Å². The SMILES string of the molecule is C=C(C(N)=O)c1ccc2c(c1)cc(C)n2Cc1cccc(C(F)(F)F)c1. The number of aromatic nitrogens is 1. The summed E-state index contributed by atoms with van der Waals surface area (Å²) in [7, 11) is 0. The lowest BCUT2D eigenvalue weighted by Crippen LogP contribution is -2.11. The van der Waals surface area contributed by atoms with Gasteiger partial charge in [0.15, 0.2) is 0 Å². The maximum absolute atomic E-state index is 12.9. The van der Waals surface area contributed by atoms with Crippen LogP contribution in [0.5, 0.6) is 0 Å². The monoisotopic (exact) mass is 358 g/mol. The highest BCUT2D eigenvalue weighted by Gasteiger charge is 2.30. The molecule has 0 spiro atoms. The van der Waals surface area contributed by atoms with Crippen LogP contribution in [0, 0.1) is 6.92 Å². The Morgan fingerprint density at radius 2 is 1.88 bits per heavy atom. The molecule has 0 radical (unpaired) electrons. The highest BCUT2D eigenvalue weighted by atomic mass is 19.4. The normalized spacial score (nSPS) is 11.7. The van der Waals surface area contributed by atoms with Crippen molar-refractivity contribution in [3.8, 4) is 0 Å². The Bertz CT molecular complexity index is 1020. The number of nitrogens with two attached hydrogens (primary N) is 1. The molecule has 2 aromatic carbocycles. The molecule has 0 atom stereocenters. The van der Waals surface area contributed by atoms with Gasteiger partial charge in [-0.05, 0) is 48.4 Å². The fourth-order valence-electron chi connectivity index (χ4n) is 2.98. The molecule has 2 N–H and O–H groups in total. The fourth-order valence-corrected chi connectivity index (χ4v) is 2.98. The zero-order valence-electron chi connectivity index (χ0n) is 14.1. The maximum Gasteiger partial charge on any atom is 0.416 e. The molecule has 0 aliphatic carbocycles. The van der Waals surface area contributed by atoms with Gasteiger partial charge in [-0.25, -0.2) is 0 Å². The minimum absolute atomic E-state index is 0.218. The molecular formula is C20H17F3N2O. The van der Waals surface area contributed by atoms with Gasteiger partial charge in [0.05, 0.1) is 5.56 Å². The van der Waals surface area contributed by atoms with E-state index in [1.807, 2.05) is 23.6 Å². The molecule has 26 heavy (non-hydrogen) atoms. The van der Waals surface area contributed by atoms with Gasteiger partial charge in [0.2, 0.25) is 5.91 Å². The number of fused-ring (bicyclic) bond motifs is 1. The minimum atomic E-state index is -4.37. The third-order valence-corrected chi connectivity index (χ3v) is 4.35. The standard InChI is InChI=1S/C20H17F3N2O/c1-12-8-16-10-15(13(2)19(24)26)6-7-18(16)25(12)11-14-4-3-5-17(9-14)20(21,22)23/h3-10H,2,11H2,1H3,(H2,24,26). The predicted octanol–water partition coefficient (Wildman–Crippen LogP) is 4.52. The maximum atomic E-state index is 12.9. The van der Waals surface area contributed by atoms with Crippen molar-refractivity contribution >= 4 is 22.4 Å². The number of halogens is 3. The summed E-state index contributed by atoms with van der Waals surface area (Å²) in [4.78, 5) is 11.3. The lowest BCUT2D eigenvalue weighted by molar-refractivity contribution is -0.137. The Morgan fingerprint density at radius 1 is 1.15 bits per heavy atom. The van der Waals surface area contributed by atoms with Crippen molar-refractivity contribution in [2.24, 2.45) is 5.73 Å². The molecule has 0 aliphatic heterocycles. The third kappa shape index (κ3) is 3.35. The summed E-state index contributed by atoms with van der Waals surface area (Å²) in [5.41, 5.74) is 7.77. The van der Waals surface area contributed by atoms with Crippen molar-refractivity contribution < 1.29 is 18.0 Å². The van der Waals surface area contributed by atoms with E-state index in [0.29, 0.717) is 17.7 Å². The molecule has 1 heterocycles. The van der Waals surface area contributed by atoms with Gasteiger partial charge in [0.1, 0.15) is 0 Å². The Balaban J connectivity index is 2.00. The second-order valence-corrected chi connectivity index (χ2v) is 6.19. The number of alkyl halides is 3. The van der Waals surface area contributed by atoms with E-state index in [4.69, 9.17) is 5.73 Å². The minimum Gasteiger partial charge on any atom is -0.366 e. The third-order valence-electron chi connectivity index (χ3n) is 4.35. The van der Waals surface area contributed by atoms with E-state index in [-0.39, 0.29) is 5.57 Å². The summed E-state index contributed by atoms with van der Waals surface area (Å²) in [5, 5.41) is 0.870. The molecule has 0 aliphatic rings. The van der Waals surface area contributed by atoms with Gasteiger partial charge in [-0.2, -0.15) is 13.2 Å². The molecule has 3 nitrogen and oxygen atoms in total. The van der Waals surface area contributed by atoms with E-state index in [1.54, 1.807) is 18.2 Å². The largest absolute Gasteiger partial charge is 0.416 e. The Labute approximate surface area is 148 Å². The van der Waals surface area contributed by atoms with Gasteiger partial charge in [0, 0.05) is 28.7 Å². The summed E-state index contributed by atoms with van der Waals surface area (Å²) in [6.07, 6.45) is -4.37. The molecule has 0 saturated heterocycles. The van der Waals surface area contributed by atoms with Gasteiger partial charge in [-0.1, -0.05) is 24.8 Å². The van der Waals surface area contributed by atoms with Crippen LogP contribution in [0.3, 0.4) is 0 Å². The molecular weight excluding hydrogens is 341 g/mol. The number of hydrogen-bond donors (Lipinski definition) is 1. The number of benzene rings is 2. The average Bonchev–Trinajstić information content (AvgIpc) is 2.88. The molecule has 0 unspecified atom stereocenters. The van der Waals surface area contributed by atoms with Crippen LogP contribution in [-0.2, 0) is 17.5 Å². The second-order valence-electron chi connectivity index (χ2n) is 6.19. The van der Waals surface area contributed by atoms with Gasteiger partial charge in [0.25, 0.3) is 0 Å². The zero-order chi connectivity index (χ0) is 19.1. The Kier molecular flexibility index (Phi) is 4.36. The fraction of sp³-hybridized carbons (Fsp3) is 0.150. The lowest BCUT2D eigenvalue weighted by atomic mass is 10.1. The summed E-state index contributed by atoms with van der Waals surface area (Å²) in [6.45, 7) is 5.87. The topological polar surface area (TPSA) is 48.0 Å². The van der Waals surface area contributed by atoms with E-state index in [0.717, 1.165) is 28.7 Å². The summed E-state index contributed by atoms with van der Waals surface area (Å²) < 4.78 is 40.7. The highest BCUT2D eigenvalue weighted by molar-refractivity contribution is 6.18. The first-order valence-corrected chi connectivity index (χ1v) is 7.92. The Hall–Kier alpha value is -3.02. The summed E-state index contributed by atoms with van der Waals surface area (Å²) in [5.74, 6) is -0.593. The zero-order valence-corrected chi connectivity index (χ0v) is 14.1. The van der Waals surface area contributed by atoms with Crippen LogP contribution < -0.4 is 5.73 Å². The molecule has 1 aromatic heterocycles. The van der Waals surface area contributed by atoms with Crippen molar-refractivity contribution in [2.45, 2.75) is 19.6 Å². The molecule has 3 aromatic rings. The van der Waals surface area contributed by atoms with Crippen LogP contribution in [0.15, 0.2) is 55.1 Å². The first-order chi connectivity index (χ1) is 12.2. The van der Waals surface area contributed by atoms with E-state index < -0.39 is 17.6 Å². The molecule has 6 heteroatoms. The van der Waals surface area contributed by atoms with E-state index in [1.165, 1.54) is 6.07 Å². The first kappa shape index (κ1) is 17.8. The molecule has 0 saturated carbocycles. The second kappa shape index (κ2) is 6.37. The van der Waals surface area contributed by atoms with Gasteiger partial charge < -0.3 is 10.3 Å². The first-order valence-electron chi connectivity index (χ1n) is 7.92. The Morgan fingerprint density at radius 3 is 2.54 bits per heavy atom. The lowest BCUT2D eigenvalue weighted by Gasteiger charge is -2.12. The predicted molar refractivity (Wildman–Crippen MR) is 95.4 cm³/mol. The van der Waals surface area contributed by atoms with Crippen molar-refractivity contribution in [1.29, 1.82) is 0 Å². The van der Waals surface area contributed by atoms with Gasteiger partial charge in [-0.3, -0.25) is 4.79 Å². The van der Waals surface area contributed by atoms with Crippen LogP contribution in [0.1, 0.15) is 22.4 Å². The molecule has 1 amide bonds. The van der Waals surface area contributed by atoms with Crippen LogP contribution in [0.25, 0.3) is 16.5 Å². The number of amides is 1. The average molecular weight is 358 g/mol. The molecule has 0 bridgehead atoms. The van der Waals surface area contributed by atoms with E-state index >= 15 is 0 Å². The van der Waals surface area contributed by atoms with Crippen LogP contribution in [0.2, 0.25) is 0 Å². The van der Waals surface area contributed by atoms with Crippen molar-refractivity contribution in [1.82, 2.24) is 4.57 Å². The number of carbonyl (C=O) groups is 1. The number of rotatable bonds is 4. The van der Waals surface area contributed by atoms with Gasteiger partial charge in [-0.15, -0.1) is 0 Å². The van der Waals surface area contributed by atoms with Crippen molar-refractivity contribution in [3.63, 3.8) is 0 Å². The number of aryl methyl sites for hydroxylation is 1. The smallest absolute Gasteiger partial charge is 0.366 e. The van der Waals surface area contributed by atoms with E-state index in [2.05, 4.69) is 6.58 Å². The molecule has 3 rings (SSSR count). The van der Waals surface area contributed by atoms with E-state index in [9.17, 15) is 18.0 Å². The summed E-state index contributed by atoms with van der Waals surface area (Å²) in [6, 6.07) is 12.6. The van der Waals surface area contributed by atoms with Gasteiger partial charge >= 0.3 is 6.18 Å².